The summed E-state index contributed by atoms with van der Waals surface area (Å²) in [4.78, 5) is 8.66. The van der Waals surface area contributed by atoms with Crippen LogP contribution >= 0.6 is 47.2 Å². The highest BCUT2D eigenvalue weighted by molar-refractivity contribution is 14.0. The summed E-state index contributed by atoms with van der Waals surface area (Å²) >= 11 is 12.0. The number of aromatic nitrogens is 2. The van der Waals surface area contributed by atoms with Gasteiger partial charge in [0.1, 0.15) is 11.4 Å². The van der Waals surface area contributed by atoms with Crippen LogP contribution in [0.2, 0.25) is 10.0 Å². The molecule has 3 aromatic rings. The molecule has 0 aliphatic heterocycles. The van der Waals surface area contributed by atoms with E-state index in [0.717, 1.165) is 11.3 Å². The van der Waals surface area contributed by atoms with Gasteiger partial charge in [-0.3, -0.25) is 4.99 Å². The van der Waals surface area contributed by atoms with Crippen LogP contribution in [0.5, 0.6) is 5.75 Å². The van der Waals surface area contributed by atoms with Crippen molar-refractivity contribution in [1.29, 1.82) is 0 Å². The molecule has 2 heterocycles. The van der Waals surface area contributed by atoms with Crippen LogP contribution in [0.15, 0.2) is 47.7 Å². The van der Waals surface area contributed by atoms with E-state index >= 15 is 0 Å². The molecule has 0 fully saturated rings. The van der Waals surface area contributed by atoms with Crippen LogP contribution < -0.4 is 15.4 Å². The number of nitrogens with zero attached hydrogens (tertiary/aromatic N) is 3. The number of hydrogen-bond acceptors (Lipinski definition) is 3. The highest BCUT2D eigenvalue weighted by atomic mass is 127. The topological polar surface area (TPSA) is 63.0 Å². The first kappa shape index (κ1) is 24.4. The molecule has 0 bridgehead atoms. The lowest BCUT2D eigenvalue weighted by molar-refractivity contribution is -0.0504. The van der Waals surface area contributed by atoms with Crippen LogP contribution in [0, 0.1) is 0 Å². The van der Waals surface area contributed by atoms with Crippen molar-refractivity contribution >= 4 is 58.8 Å². The predicted octanol–water partition coefficient (Wildman–Crippen LogP) is 4.77. The molecule has 0 aliphatic rings. The highest BCUT2D eigenvalue weighted by Crippen LogP contribution is 2.33. The average molecular weight is 570 g/mol. The number of nitrogens with one attached hydrogen (secondary N) is 2. The van der Waals surface area contributed by atoms with Gasteiger partial charge in [0.2, 0.25) is 0 Å². The second kappa shape index (κ2) is 11.5. The Morgan fingerprint density at radius 3 is 2.77 bits per heavy atom. The largest absolute Gasteiger partial charge is 0.433 e. The minimum Gasteiger partial charge on any atom is -0.433 e. The normalized spacial score (nSPS) is 11.5. The molecule has 6 nitrogen and oxygen atoms in total. The second-order valence-corrected chi connectivity index (χ2v) is 6.90. The molecule has 0 aliphatic carbocycles. The van der Waals surface area contributed by atoms with Gasteiger partial charge in [0.25, 0.3) is 0 Å². The van der Waals surface area contributed by atoms with Gasteiger partial charge in [0.15, 0.2) is 5.96 Å². The Labute approximate surface area is 199 Å². The van der Waals surface area contributed by atoms with E-state index in [1.165, 1.54) is 12.1 Å². The quantitative estimate of drug-likeness (QED) is 0.244. The fraction of sp³-hybridized carbons (Fsp3) is 0.263. The molecular weight excluding hydrogens is 550 g/mol. The summed E-state index contributed by atoms with van der Waals surface area (Å²) in [5.41, 5.74) is 2.22. The van der Waals surface area contributed by atoms with Crippen LogP contribution in [-0.2, 0) is 13.0 Å². The summed E-state index contributed by atoms with van der Waals surface area (Å²) in [5.74, 6) is 0.381. The van der Waals surface area contributed by atoms with E-state index in [1.54, 1.807) is 7.05 Å². The van der Waals surface area contributed by atoms with Crippen molar-refractivity contribution in [2.75, 3.05) is 13.6 Å². The maximum atomic E-state index is 12.7. The molecule has 3 rings (SSSR count). The summed E-state index contributed by atoms with van der Waals surface area (Å²) in [7, 11) is 1.61. The monoisotopic (exact) mass is 569 g/mol. The smallest absolute Gasteiger partial charge is 0.387 e. The van der Waals surface area contributed by atoms with Crippen LogP contribution in [-0.4, -0.2) is 35.5 Å². The third-order valence-corrected chi connectivity index (χ3v) is 4.55. The molecule has 0 radical (unpaired) electrons. The molecule has 0 amide bonds. The number of imidazole rings is 1. The third-order valence-electron chi connectivity index (χ3n) is 4.05. The van der Waals surface area contributed by atoms with E-state index in [1.807, 2.05) is 35.0 Å². The van der Waals surface area contributed by atoms with Gasteiger partial charge >= 0.3 is 6.61 Å². The Morgan fingerprint density at radius 2 is 2.07 bits per heavy atom. The average Bonchev–Trinajstić information content (AvgIpc) is 3.09. The maximum absolute atomic E-state index is 12.7. The standard InChI is InChI=1S/C19H19Cl2F2N5O.HI/c1-24-19(25-6-5-14-11-28-7-3-2-4-16(28)27-14)26-10-12-8-13(20)9-15(21)17(12)29-18(22)23;/h2-4,7-9,11,18H,5-6,10H2,1H3,(H2,24,25,26);1H. The molecule has 0 spiro atoms. The molecule has 2 N–H and O–H groups in total. The first-order valence-corrected chi connectivity index (χ1v) is 9.51. The number of hydrogen-bond donors (Lipinski definition) is 2. The van der Waals surface area contributed by atoms with Gasteiger partial charge in [0.05, 0.1) is 10.7 Å². The minimum atomic E-state index is -2.99. The van der Waals surface area contributed by atoms with Crippen LogP contribution in [0.1, 0.15) is 11.3 Å². The number of benzene rings is 1. The molecule has 0 saturated carbocycles. The first-order valence-electron chi connectivity index (χ1n) is 8.76. The van der Waals surface area contributed by atoms with Crippen molar-refractivity contribution in [2.45, 2.75) is 19.6 Å². The summed E-state index contributed by atoms with van der Waals surface area (Å²) in [6.07, 6.45) is 4.59. The van der Waals surface area contributed by atoms with Crippen molar-refractivity contribution in [3.05, 3.63) is 64.0 Å². The van der Waals surface area contributed by atoms with Crippen molar-refractivity contribution in [3.8, 4) is 5.75 Å². The summed E-state index contributed by atoms with van der Waals surface area (Å²) in [5, 5.41) is 6.53. The van der Waals surface area contributed by atoms with E-state index in [9.17, 15) is 8.78 Å². The van der Waals surface area contributed by atoms with E-state index < -0.39 is 6.61 Å². The lowest BCUT2D eigenvalue weighted by Gasteiger charge is -2.16. The number of alkyl halides is 2. The fourth-order valence-electron chi connectivity index (χ4n) is 2.78. The van der Waals surface area contributed by atoms with Crippen molar-refractivity contribution in [2.24, 2.45) is 4.99 Å². The number of aliphatic imine (C=N–C) groups is 1. The molecular formula is C19H20Cl2F2IN5O. The summed E-state index contributed by atoms with van der Waals surface area (Å²) < 4.78 is 31.8. The van der Waals surface area contributed by atoms with Crippen LogP contribution in [0.25, 0.3) is 5.65 Å². The SMILES string of the molecule is CN=C(NCCc1cn2ccccc2n1)NCc1cc(Cl)cc(Cl)c1OC(F)F.I. The molecule has 1 aromatic carbocycles. The van der Waals surface area contributed by atoms with Gasteiger partial charge in [0, 0.05) is 49.5 Å². The van der Waals surface area contributed by atoms with Crippen molar-refractivity contribution < 1.29 is 13.5 Å². The maximum Gasteiger partial charge on any atom is 0.387 e. The zero-order chi connectivity index (χ0) is 20.8. The Balaban J connectivity index is 0.00000320. The molecule has 30 heavy (non-hydrogen) atoms. The van der Waals surface area contributed by atoms with Gasteiger partial charge in [-0.1, -0.05) is 29.3 Å². The molecule has 0 unspecified atom stereocenters. The number of pyridine rings is 1. The number of ether oxygens (including phenoxy) is 1. The Morgan fingerprint density at radius 1 is 1.27 bits per heavy atom. The molecule has 0 saturated heterocycles. The Bertz CT molecular complexity index is 983. The van der Waals surface area contributed by atoms with Gasteiger partial charge < -0.3 is 19.8 Å². The second-order valence-electron chi connectivity index (χ2n) is 6.06. The lowest BCUT2D eigenvalue weighted by Crippen LogP contribution is -2.38. The summed E-state index contributed by atoms with van der Waals surface area (Å²) in [6.45, 7) is -2.26. The number of fused-ring (bicyclic) bond motifs is 1. The third kappa shape index (κ3) is 6.58. The summed E-state index contributed by atoms with van der Waals surface area (Å²) in [6, 6.07) is 8.68. The predicted molar refractivity (Wildman–Crippen MR) is 126 cm³/mol. The van der Waals surface area contributed by atoms with Crippen molar-refractivity contribution in [1.82, 2.24) is 20.0 Å². The Hall–Kier alpha value is -1.85. The molecule has 2 aromatic heterocycles. The van der Waals surface area contributed by atoms with Gasteiger partial charge in [-0.05, 0) is 24.3 Å². The zero-order valence-corrected chi connectivity index (χ0v) is 19.8. The number of guanidine groups is 1. The van der Waals surface area contributed by atoms with E-state index in [0.29, 0.717) is 29.5 Å². The first-order chi connectivity index (χ1) is 14.0. The zero-order valence-electron chi connectivity index (χ0n) is 15.9. The number of rotatable bonds is 7. The van der Waals surface area contributed by atoms with Gasteiger partial charge in [-0.2, -0.15) is 8.78 Å². The fourth-order valence-corrected chi connectivity index (χ4v) is 3.36. The van der Waals surface area contributed by atoms with E-state index in [-0.39, 0.29) is 41.3 Å². The molecule has 0 atom stereocenters. The highest BCUT2D eigenvalue weighted by Gasteiger charge is 2.15. The molecule has 11 heteroatoms. The van der Waals surface area contributed by atoms with E-state index in [2.05, 4.69) is 25.3 Å². The van der Waals surface area contributed by atoms with Crippen LogP contribution in [0.3, 0.4) is 0 Å². The lowest BCUT2D eigenvalue weighted by atomic mass is 10.2. The van der Waals surface area contributed by atoms with Crippen LogP contribution in [0.4, 0.5) is 8.78 Å². The van der Waals surface area contributed by atoms with Gasteiger partial charge in [-0.25, -0.2) is 4.98 Å². The Kier molecular flexibility index (Phi) is 9.37. The van der Waals surface area contributed by atoms with E-state index in [4.69, 9.17) is 23.2 Å². The minimum absolute atomic E-state index is 0. The number of halogens is 5. The van der Waals surface area contributed by atoms with Gasteiger partial charge in [-0.15, -0.1) is 24.0 Å². The van der Waals surface area contributed by atoms with Crippen molar-refractivity contribution in [3.63, 3.8) is 0 Å². The molecule has 162 valence electrons.